The summed E-state index contributed by atoms with van der Waals surface area (Å²) in [5, 5.41) is 3.62. The minimum absolute atomic E-state index is 0.163. The predicted molar refractivity (Wildman–Crippen MR) is 81.8 cm³/mol. The number of hydrogen-bond acceptors (Lipinski definition) is 1. The van der Waals surface area contributed by atoms with Crippen LogP contribution in [0.15, 0.2) is 22.7 Å². The molecule has 1 aromatic carbocycles. The normalized spacial score (nSPS) is 19.6. The lowest BCUT2D eigenvalue weighted by Crippen LogP contribution is -2.43. The Hall–Kier alpha value is -0.410. The van der Waals surface area contributed by atoms with E-state index in [2.05, 4.69) is 35.1 Å². The van der Waals surface area contributed by atoms with Crippen LogP contribution in [0.3, 0.4) is 0 Å². The summed E-state index contributed by atoms with van der Waals surface area (Å²) in [6.07, 6.45) is 6.09. The van der Waals surface area contributed by atoms with Crippen LogP contribution in [0, 0.1) is 11.2 Å². The molecule has 0 heterocycles. The van der Waals surface area contributed by atoms with Gasteiger partial charge in [0.2, 0.25) is 0 Å². The molecule has 0 radical (unpaired) electrons. The van der Waals surface area contributed by atoms with E-state index in [1.807, 2.05) is 6.07 Å². The molecule has 1 unspecified atom stereocenters. The van der Waals surface area contributed by atoms with Crippen LogP contribution in [0.5, 0.6) is 0 Å². The Bertz CT molecular complexity index is 427. The second kappa shape index (κ2) is 6.36. The van der Waals surface area contributed by atoms with Gasteiger partial charge in [-0.25, -0.2) is 4.39 Å². The van der Waals surface area contributed by atoms with Gasteiger partial charge >= 0.3 is 0 Å². The third-order valence-corrected chi connectivity index (χ3v) is 5.38. The summed E-state index contributed by atoms with van der Waals surface area (Å²) in [6, 6.07) is 5.76. The van der Waals surface area contributed by atoms with Gasteiger partial charge in [0.05, 0.1) is 4.47 Å². The van der Waals surface area contributed by atoms with Crippen molar-refractivity contribution in [2.24, 2.45) is 5.41 Å². The first-order valence-electron chi connectivity index (χ1n) is 7.23. The standard InChI is InChI=1S/C16H23BrFN/c1-3-19-14(16(2)9-4-5-10-16)11-12-7-6-8-13(18)15(12)17/h6-8,14,19H,3-5,9-11H2,1-2H3. The minimum atomic E-state index is -0.163. The molecule has 0 aliphatic heterocycles. The highest BCUT2D eigenvalue weighted by atomic mass is 79.9. The third kappa shape index (κ3) is 3.38. The molecule has 1 nitrogen and oxygen atoms in total. The molecule has 1 atom stereocenters. The van der Waals surface area contributed by atoms with E-state index >= 15 is 0 Å². The van der Waals surface area contributed by atoms with Crippen LogP contribution < -0.4 is 5.32 Å². The smallest absolute Gasteiger partial charge is 0.137 e. The van der Waals surface area contributed by atoms with E-state index < -0.39 is 0 Å². The van der Waals surface area contributed by atoms with Gasteiger partial charge < -0.3 is 5.32 Å². The Balaban J connectivity index is 2.18. The van der Waals surface area contributed by atoms with Crippen LogP contribution in [0.4, 0.5) is 4.39 Å². The molecule has 1 fully saturated rings. The summed E-state index contributed by atoms with van der Waals surface area (Å²) < 4.78 is 14.2. The molecule has 0 amide bonds. The average molecular weight is 328 g/mol. The van der Waals surface area contributed by atoms with E-state index in [1.165, 1.54) is 31.7 Å². The first kappa shape index (κ1) is 15.0. The number of nitrogens with one attached hydrogen (secondary N) is 1. The highest BCUT2D eigenvalue weighted by Crippen LogP contribution is 2.42. The Morgan fingerprint density at radius 1 is 1.37 bits per heavy atom. The Morgan fingerprint density at radius 3 is 2.68 bits per heavy atom. The lowest BCUT2D eigenvalue weighted by molar-refractivity contribution is 0.221. The predicted octanol–water partition coefficient (Wildman–Crippen LogP) is 4.69. The van der Waals surface area contributed by atoms with Gasteiger partial charge in [0.1, 0.15) is 5.82 Å². The van der Waals surface area contributed by atoms with Gasteiger partial charge in [-0.1, -0.05) is 38.8 Å². The molecule has 0 bridgehead atoms. The number of likely N-dealkylation sites (N-methyl/N-ethyl adjacent to an activating group) is 1. The zero-order valence-electron chi connectivity index (χ0n) is 11.8. The second-order valence-electron chi connectivity index (χ2n) is 5.89. The van der Waals surface area contributed by atoms with Crippen LogP contribution in [0.1, 0.15) is 45.1 Å². The number of hydrogen-bond donors (Lipinski definition) is 1. The zero-order valence-corrected chi connectivity index (χ0v) is 13.4. The second-order valence-corrected chi connectivity index (χ2v) is 6.68. The van der Waals surface area contributed by atoms with Crippen molar-refractivity contribution in [2.45, 2.75) is 52.0 Å². The highest BCUT2D eigenvalue weighted by Gasteiger charge is 2.36. The van der Waals surface area contributed by atoms with Gasteiger partial charge in [0.25, 0.3) is 0 Å². The molecule has 1 N–H and O–H groups in total. The van der Waals surface area contributed by atoms with Crippen LogP contribution in [0.25, 0.3) is 0 Å². The van der Waals surface area contributed by atoms with Gasteiger partial charge in [-0.3, -0.25) is 0 Å². The van der Waals surface area contributed by atoms with Crippen molar-refractivity contribution in [3.8, 4) is 0 Å². The van der Waals surface area contributed by atoms with Gasteiger partial charge in [-0.15, -0.1) is 0 Å². The van der Waals surface area contributed by atoms with Crippen molar-refractivity contribution in [1.82, 2.24) is 5.32 Å². The van der Waals surface area contributed by atoms with E-state index in [4.69, 9.17) is 0 Å². The van der Waals surface area contributed by atoms with Crippen LogP contribution in [-0.4, -0.2) is 12.6 Å². The monoisotopic (exact) mass is 327 g/mol. The fourth-order valence-electron chi connectivity index (χ4n) is 3.27. The quantitative estimate of drug-likeness (QED) is 0.827. The van der Waals surface area contributed by atoms with E-state index in [-0.39, 0.29) is 5.82 Å². The molecule has 0 aromatic heterocycles. The molecule has 1 aliphatic carbocycles. The van der Waals surface area contributed by atoms with E-state index in [0.717, 1.165) is 18.5 Å². The molecule has 2 rings (SSSR count). The van der Waals surface area contributed by atoms with Crippen molar-refractivity contribution in [3.05, 3.63) is 34.1 Å². The number of rotatable bonds is 5. The molecule has 0 spiro atoms. The lowest BCUT2D eigenvalue weighted by atomic mass is 9.78. The molecule has 3 heteroatoms. The number of benzene rings is 1. The average Bonchev–Trinajstić information content (AvgIpc) is 2.82. The summed E-state index contributed by atoms with van der Waals surface area (Å²) in [7, 11) is 0. The zero-order chi connectivity index (χ0) is 13.9. The molecular weight excluding hydrogens is 305 g/mol. The summed E-state index contributed by atoms with van der Waals surface area (Å²) in [4.78, 5) is 0. The molecule has 1 aromatic rings. The maximum Gasteiger partial charge on any atom is 0.137 e. The summed E-state index contributed by atoms with van der Waals surface area (Å²) in [5.41, 5.74) is 1.42. The summed E-state index contributed by atoms with van der Waals surface area (Å²) in [6.45, 7) is 5.49. The van der Waals surface area contributed by atoms with E-state index in [0.29, 0.717) is 15.9 Å². The Labute approximate surface area is 124 Å². The van der Waals surface area contributed by atoms with E-state index in [9.17, 15) is 4.39 Å². The van der Waals surface area contributed by atoms with Crippen molar-refractivity contribution in [2.75, 3.05) is 6.54 Å². The first-order valence-corrected chi connectivity index (χ1v) is 8.02. The highest BCUT2D eigenvalue weighted by molar-refractivity contribution is 9.10. The molecular formula is C16H23BrFN. The molecule has 0 saturated heterocycles. The maximum atomic E-state index is 13.6. The van der Waals surface area contributed by atoms with Crippen molar-refractivity contribution >= 4 is 15.9 Å². The van der Waals surface area contributed by atoms with Crippen LogP contribution >= 0.6 is 15.9 Å². The molecule has 106 valence electrons. The first-order chi connectivity index (χ1) is 9.07. The summed E-state index contributed by atoms with van der Waals surface area (Å²) in [5.74, 6) is -0.163. The van der Waals surface area contributed by atoms with Crippen LogP contribution in [-0.2, 0) is 6.42 Å². The van der Waals surface area contributed by atoms with Gasteiger partial charge in [-0.05, 0) is 58.8 Å². The molecule has 19 heavy (non-hydrogen) atoms. The Kier molecular flexibility index (Phi) is 5.02. The van der Waals surface area contributed by atoms with Gasteiger partial charge in [0, 0.05) is 6.04 Å². The van der Waals surface area contributed by atoms with Crippen molar-refractivity contribution in [3.63, 3.8) is 0 Å². The van der Waals surface area contributed by atoms with Crippen LogP contribution in [0.2, 0.25) is 0 Å². The van der Waals surface area contributed by atoms with Crippen molar-refractivity contribution in [1.29, 1.82) is 0 Å². The van der Waals surface area contributed by atoms with E-state index in [1.54, 1.807) is 6.07 Å². The number of halogens is 2. The Morgan fingerprint density at radius 2 is 2.05 bits per heavy atom. The third-order valence-electron chi connectivity index (χ3n) is 4.49. The largest absolute Gasteiger partial charge is 0.313 e. The molecule has 1 saturated carbocycles. The fraction of sp³-hybridized carbons (Fsp3) is 0.625. The fourth-order valence-corrected chi connectivity index (χ4v) is 3.69. The SMILES string of the molecule is CCNC(Cc1cccc(F)c1Br)C1(C)CCCC1. The molecule has 1 aliphatic rings. The maximum absolute atomic E-state index is 13.6. The minimum Gasteiger partial charge on any atom is -0.313 e. The lowest BCUT2D eigenvalue weighted by Gasteiger charge is -2.35. The van der Waals surface area contributed by atoms with Crippen molar-refractivity contribution < 1.29 is 4.39 Å². The topological polar surface area (TPSA) is 12.0 Å². The van der Waals surface area contributed by atoms with Gasteiger partial charge in [0.15, 0.2) is 0 Å². The van der Waals surface area contributed by atoms with Gasteiger partial charge in [-0.2, -0.15) is 0 Å². The summed E-state index contributed by atoms with van der Waals surface area (Å²) >= 11 is 3.38.